The molecule has 0 N–H and O–H groups in total. The van der Waals surface area contributed by atoms with Gasteiger partial charge in [0.1, 0.15) is 0 Å². The summed E-state index contributed by atoms with van der Waals surface area (Å²) in [6.07, 6.45) is 0. The molecule has 0 aliphatic carbocycles. The molecule has 12 aromatic rings. The highest BCUT2D eigenvalue weighted by atomic mass is 31.1. The van der Waals surface area contributed by atoms with Crippen LogP contribution in [0.15, 0.2) is 255 Å². The third-order valence-electron chi connectivity index (χ3n) is 17.1. The summed E-state index contributed by atoms with van der Waals surface area (Å²) in [6, 6.07) is 96.5. The lowest BCUT2D eigenvalue weighted by Crippen LogP contribution is -2.27. The lowest BCUT2D eigenvalue weighted by atomic mass is 9.83. The maximum absolute atomic E-state index is 2.55. The molecular weight excluding hydrogens is 1000 g/mol. The van der Waals surface area contributed by atoms with E-state index in [0.29, 0.717) is 0 Å². The third-order valence-corrected chi connectivity index (χ3v) is 19.6. The fourth-order valence-corrected chi connectivity index (χ4v) is 15.6. The number of benzene rings is 12. The number of rotatable bonds is 12. The molecule has 0 saturated carbocycles. The van der Waals surface area contributed by atoms with Crippen molar-refractivity contribution < 1.29 is 0 Å². The molecule has 0 heterocycles. The van der Waals surface area contributed by atoms with Crippen molar-refractivity contribution in [3.05, 3.63) is 305 Å². The van der Waals surface area contributed by atoms with Crippen molar-refractivity contribution in [2.45, 2.75) is 62.3 Å². The maximum Gasteiger partial charge on any atom is -0.00127 e. The maximum atomic E-state index is 2.55. The van der Waals surface area contributed by atoms with Gasteiger partial charge in [-0.05, 0) is 236 Å². The van der Waals surface area contributed by atoms with Crippen LogP contribution in [-0.4, -0.2) is 0 Å². The van der Waals surface area contributed by atoms with Crippen LogP contribution in [0.1, 0.15) is 50.1 Å². The molecule has 82 heavy (non-hydrogen) atoms. The van der Waals surface area contributed by atoms with Crippen molar-refractivity contribution in [3.63, 3.8) is 0 Å². The summed E-state index contributed by atoms with van der Waals surface area (Å²) in [5, 5.41) is 3.93. The van der Waals surface area contributed by atoms with Crippen LogP contribution in [0.25, 0.3) is 100 Å². The standard InChI is InChI=1S/C81H69P/c1-52-28-10-19-37-61(52)70-46-49-73(79(67-43-25-16-34-58(67)7)76(70)64-40-22-13-31-55(64)4)82(74-50-47-71(62-38-20-11-29-53(62)2)77(65-41-23-14-32-56(65)5)80(74)68-44-26-17-35-59(68)8)75-51-48-72(63-39-21-12-30-54(63)3)78(66-42-24-15-33-57(66)6)81(75)69-45-27-18-36-60(69)9/h10-51H,1-9H3. The minimum atomic E-state index is -1.53. The molecule has 398 valence electrons. The van der Waals surface area contributed by atoms with Gasteiger partial charge < -0.3 is 0 Å². The molecule has 0 fully saturated rings. The van der Waals surface area contributed by atoms with E-state index in [2.05, 4.69) is 317 Å². The Morgan fingerprint density at radius 2 is 0.305 bits per heavy atom. The van der Waals surface area contributed by atoms with Crippen LogP contribution in [0, 0.1) is 62.3 Å². The second-order valence-corrected chi connectivity index (χ2v) is 24.4. The van der Waals surface area contributed by atoms with Crippen molar-refractivity contribution >= 4 is 23.8 Å². The molecule has 0 radical (unpaired) electrons. The first kappa shape index (κ1) is 53.7. The Morgan fingerprint density at radius 1 is 0.146 bits per heavy atom. The summed E-state index contributed by atoms with van der Waals surface area (Å²) in [5.41, 5.74) is 33.6. The van der Waals surface area contributed by atoms with Gasteiger partial charge in [-0.15, -0.1) is 0 Å². The molecule has 0 saturated heterocycles. The lowest BCUT2D eigenvalue weighted by molar-refractivity contribution is 1.42. The van der Waals surface area contributed by atoms with Crippen molar-refractivity contribution in [2.24, 2.45) is 0 Å². The van der Waals surface area contributed by atoms with Gasteiger partial charge in [0, 0.05) is 0 Å². The van der Waals surface area contributed by atoms with Crippen molar-refractivity contribution in [2.75, 3.05) is 0 Å². The Hall–Kier alpha value is -8.93. The molecule has 0 unspecified atom stereocenters. The fourth-order valence-electron chi connectivity index (χ4n) is 12.8. The van der Waals surface area contributed by atoms with Gasteiger partial charge in [0.2, 0.25) is 0 Å². The van der Waals surface area contributed by atoms with Crippen LogP contribution in [-0.2, 0) is 0 Å². The van der Waals surface area contributed by atoms with E-state index in [0.717, 1.165) is 0 Å². The summed E-state index contributed by atoms with van der Waals surface area (Å²) < 4.78 is 0. The Labute approximate surface area is 488 Å². The topological polar surface area (TPSA) is 0 Å². The van der Waals surface area contributed by atoms with Crippen molar-refractivity contribution in [3.8, 4) is 100 Å². The molecule has 0 spiro atoms. The predicted molar refractivity (Wildman–Crippen MR) is 357 cm³/mol. The Bertz CT molecular complexity index is 3950. The molecule has 0 atom stereocenters. The average molecular weight is 1070 g/mol. The lowest BCUT2D eigenvalue weighted by Gasteiger charge is -2.33. The molecule has 12 aromatic carbocycles. The van der Waals surface area contributed by atoms with Gasteiger partial charge >= 0.3 is 0 Å². The Morgan fingerprint density at radius 3 is 0.488 bits per heavy atom. The molecule has 0 aliphatic rings. The minimum Gasteiger partial charge on any atom is -0.0620 e. The van der Waals surface area contributed by atoms with Crippen molar-refractivity contribution in [1.82, 2.24) is 0 Å². The molecular formula is C81H69P. The van der Waals surface area contributed by atoms with Crippen LogP contribution < -0.4 is 15.9 Å². The van der Waals surface area contributed by atoms with E-state index in [-0.39, 0.29) is 0 Å². The first-order valence-electron chi connectivity index (χ1n) is 28.8. The Balaban J connectivity index is 1.38. The molecule has 0 nitrogen and oxygen atoms in total. The van der Waals surface area contributed by atoms with Gasteiger partial charge in [0.05, 0.1) is 0 Å². The monoisotopic (exact) mass is 1070 g/mol. The zero-order valence-electron chi connectivity index (χ0n) is 48.7. The second kappa shape index (κ2) is 22.9. The highest BCUT2D eigenvalue weighted by Crippen LogP contribution is 2.54. The van der Waals surface area contributed by atoms with E-state index in [1.807, 2.05) is 0 Å². The number of aryl methyl sites for hydroxylation is 9. The van der Waals surface area contributed by atoms with Crippen LogP contribution in [0.3, 0.4) is 0 Å². The van der Waals surface area contributed by atoms with Crippen LogP contribution in [0.5, 0.6) is 0 Å². The first-order chi connectivity index (χ1) is 40.0. The summed E-state index contributed by atoms with van der Waals surface area (Å²) in [4.78, 5) is 0. The summed E-state index contributed by atoms with van der Waals surface area (Å²) >= 11 is 0. The van der Waals surface area contributed by atoms with Crippen molar-refractivity contribution in [1.29, 1.82) is 0 Å². The SMILES string of the molecule is Cc1ccccc1-c1ccc(P(c2ccc(-c3ccccc3C)c(-c3ccccc3C)c2-c2ccccc2C)c2ccc(-c3ccccc3C)c(-c3ccccc3C)c2-c2ccccc2C)c(-c2ccccc2C)c1-c1ccccc1C. The van der Waals surface area contributed by atoms with E-state index in [1.54, 1.807) is 0 Å². The van der Waals surface area contributed by atoms with Gasteiger partial charge in [0.25, 0.3) is 0 Å². The van der Waals surface area contributed by atoms with E-state index >= 15 is 0 Å². The smallest absolute Gasteiger partial charge is 0.00127 e. The Kier molecular flexibility index (Phi) is 15.0. The largest absolute Gasteiger partial charge is 0.0620 e. The van der Waals surface area contributed by atoms with Crippen LogP contribution in [0.2, 0.25) is 0 Å². The zero-order valence-corrected chi connectivity index (χ0v) is 49.6. The summed E-state index contributed by atoms with van der Waals surface area (Å²) in [5.74, 6) is 0. The summed E-state index contributed by atoms with van der Waals surface area (Å²) in [7, 11) is -1.53. The highest BCUT2D eigenvalue weighted by molar-refractivity contribution is 7.80. The molecule has 1 heteroatoms. The van der Waals surface area contributed by atoms with E-state index in [9.17, 15) is 0 Å². The normalized spacial score (nSPS) is 11.3. The summed E-state index contributed by atoms with van der Waals surface area (Å²) in [6.45, 7) is 20.6. The van der Waals surface area contributed by atoms with Crippen LogP contribution in [0.4, 0.5) is 0 Å². The number of hydrogen-bond donors (Lipinski definition) is 0. The molecule has 12 rings (SSSR count). The van der Waals surface area contributed by atoms with Crippen LogP contribution >= 0.6 is 7.92 Å². The van der Waals surface area contributed by atoms with E-state index < -0.39 is 7.92 Å². The third kappa shape index (κ3) is 9.76. The molecule has 0 aromatic heterocycles. The number of hydrogen-bond acceptors (Lipinski definition) is 0. The molecule has 0 bridgehead atoms. The van der Waals surface area contributed by atoms with Gasteiger partial charge in [-0.3, -0.25) is 0 Å². The van der Waals surface area contributed by atoms with Gasteiger partial charge in [-0.2, -0.15) is 0 Å². The zero-order chi connectivity index (χ0) is 56.6. The van der Waals surface area contributed by atoms with E-state index in [4.69, 9.17) is 0 Å². The quantitative estimate of drug-likeness (QED) is 0.107. The fraction of sp³-hybridized carbons (Fsp3) is 0.111. The average Bonchev–Trinajstić information content (AvgIpc) is 2.43. The van der Waals surface area contributed by atoms with Gasteiger partial charge in [-0.1, -0.05) is 255 Å². The highest BCUT2D eigenvalue weighted by Gasteiger charge is 2.35. The molecule has 0 amide bonds. The predicted octanol–water partition coefficient (Wildman–Crippen LogP) is 21.2. The minimum absolute atomic E-state index is 1.23. The second-order valence-electron chi connectivity index (χ2n) is 22.3. The van der Waals surface area contributed by atoms with Gasteiger partial charge in [0.15, 0.2) is 0 Å². The van der Waals surface area contributed by atoms with Gasteiger partial charge in [-0.25, -0.2) is 0 Å². The first-order valence-corrected chi connectivity index (χ1v) is 30.2. The van der Waals surface area contributed by atoms with E-state index in [1.165, 1.54) is 166 Å². The molecule has 0 aliphatic heterocycles.